The van der Waals surface area contributed by atoms with E-state index in [0.717, 1.165) is 5.56 Å². The standard InChI is InChI=1S/C19H18Cl3N5OS/c1-2-16(17(28)24-14-8-12(20)7-13(21)9-14)27-18(23)25-26-19(27)29-10-11-5-3-4-6-15(11)22/h3-9,16H,2,10H2,1H3,(H2,23,25)(H,24,28). The average molecular weight is 471 g/mol. The molecular weight excluding hydrogens is 453 g/mol. The summed E-state index contributed by atoms with van der Waals surface area (Å²) in [5.41, 5.74) is 7.48. The number of nitrogens with one attached hydrogen (secondary N) is 1. The summed E-state index contributed by atoms with van der Waals surface area (Å²) in [6, 6.07) is 11.8. The molecule has 1 amide bonds. The number of nitrogens with two attached hydrogens (primary N) is 1. The molecule has 6 nitrogen and oxygen atoms in total. The van der Waals surface area contributed by atoms with Crippen LogP contribution in [-0.2, 0) is 10.5 Å². The van der Waals surface area contributed by atoms with Gasteiger partial charge in [0.05, 0.1) is 0 Å². The molecular formula is C19H18Cl3N5OS. The van der Waals surface area contributed by atoms with Gasteiger partial charge in [0.1, 0.15) is 6.04 Å². The molecule has 29 heavy (non-hydrogen) atoms. The highest BCUT2D eigenvalue weighted by molar-refractivity contribution is 7.98. The number of aromatic nitrogens is 3. The Morgan fingerprint density at radius 1 is 1.17 bits per heavy atom. The molecule has 3 N–H and O–H groups in total. The van der Waals surface area contributed by atoms with Gasteiger partial charge < -0.3 is 11.1 Å². The monoisotopic (exact) mass is 469 g/mol. The second-order valence-electron chi connectivity index (χ2n) is 6.16. The summed E-state index contributed by atoms with van der Waals surface area (Å²) in [6.07, 6.45) is 0.488. The van der Waals surface area contributed by atoms with Gasteiger partial charge in [-0.3, -0.25) is 9.36 Å². The molecule has 3 rings (SSSR count). The van der Waals surface area contributed by atoms with Crippen LogP contribution in [0.25, 0.3) is 0 Å². The van der Waals surface area contributed by atoms with Crippen molar-refractivity contribution >= 4 is 64.1 Å². The number of nitrogens with zero attached hydrogens (tertiary/aromatic N) is 3. The fraction of sp³-hybridized carbons (Fsp3) is 0.211. The molecule has 10 heteroatoms. The Kier molecular flexibility index (Phi) is 7.29. The second-order valence-corrected chi connectivity index (χ2v) is 8.38. The third-order valence-corrected chi connectivity index (χ3v) is 5.93. The fourth-order valence-corrected chi connectivity index (χ4v) is 4.58. The van der Waals surface area contributed by atoms with Crippen LogP contribution in [0.5, 0.6) is 0 Å². The van der Waals surface area contributed by atoms with Crippen molar-refractivity contribution in [2.24, 2.45) is 0 Å². The molecule has 0 fully saturated rings. The van der Waals surface area contributed by atoms with Crippen LogP contribution in [-0.4, -0.2) is 20.7 Å². The van der Waals surface area contributed by atoms with Crippen LogP contribution < -0.4 is 11.1 Å². The van der Waals surface area contributed by atoms with Gasteiger partial charge in [-0.1, -0.05) is 71.7 Å². The molecule has 0 saturated heterocycles. The molecule has 0 bridgehead atoms. The SMILES string of the molecule is CCC(C(=O)Nc1cc(Cl)cc(Cl)c1)n1c(N)nnc1SCc1ccccc1Cl. The molecule has 0 radical (unpaired) electrons. The molecule has 0 spiro atoms. The van der Waals surface area contributed by atoms with Crippen LogP contribution in [0.1, 0.15) is 24.9 Å². The minimum atomic E-state index is -0.600. The highest BCUT2D eigenvalue weighted by atomic mass is 35.5. The van der Waals surface area contributed by atoms with Crippen molar-refractivity contribution in [3.05, 3.63) is 63.1 Å². The lowest BCUT2D eigenvalue weighted by Gasteiger charge is -2.19. The van der Waals surface area contributed by atoms with Crippen LogP contribution in [0.4, 0.5) is 11.6 Å². The Morgan fingerprint density at radius 2 is 1.86 bits per heavy atom. The number of hydrogen-bond donors (Lipinski definition) is 2. The number of carbonyl (C=O) groups excluding carboxylic acids is 1. The van der Waals surface area contributed by atoms with Gasteiger partial charge in [0.25, 0.3) is 0 Å². The zero-order valence-corrected chi connectivity index (χ0v) is 18.5. The van der Waals surface area contributed by atoms with Gasteiger partial charge in [-0.05, 0) is 36.2 Å². The summed E-state index contributed by atoms with van der Waals surface area (Å²) in [5.74, 6) is 0.467. The number of halogens is 3. The van der Waals surface area contributed by atoms with E-state index in [1.807, 2.05) is 31.2 Å². The smallest absolute Gasteiger partial charge is 0.247 e. The van der Waals surface area contributed by atoms with Gasteiger partial charge in [0, 0.05) is 26.5 Å². The Bertz CT molecular complexity index is 1010. The van der Waals surface area contributed by atoms with Crippen molar-refractivity contribution in [2.45, 2.75) is 30.3 Å². The van der Waals surface area contributed by atoms with E-state index in [-0.39, 0.29) is 11.9 Å². The first kappa shape index (κ1) is 21.8. The Hall–Kier alpha value is -1.93. The molecule has 0 saturated carbocycles. The molecule has 2 aromatic carbocycles. The summed E-state index contributed by atoms with van der Waals surface area (Å²) in [6.45, 7) is 1.89. The van der Waals surface area contributed by atoms with Gasteiger partial charge in [-0.15, -0.1) is 10.2 Å². The summed E-state index contributed by atoms with van der Waals surface area (Å²) in [4.78, 5) is 12.9. The predicted octanol–water partition coefficient (Wildman–Crippen LogP) is 5.70. The maximum Gasteiger partial charge on any atom is 0.247 e. The van der Waals surface area contributed by atoms with Crippen LogP contribution in [0.15, 0.2) is 47.6 Å². The van der Waals surface area contributed by atoms with Gasteiger partial charge in [-0.25, -0.2) is 0 Å². The van der Waals surface area contributed by atoms with Gasteiger partial charge in [-0.2, -0.15) is 0 Å². The molecule has 0 aliphatic carbocycles. The minimum Gasteiger partial charge on any atom is -0.368 e. The van der Waals surface area contributed by atoms with Crippen molar-refractivity contribution in [1.29, 1.82) is 0 Å². The number of amides is 1. The van der Waals surface area contributed by atoms with E-state index in [4.69, 9.17) is 40.5 Å². The first-order valence-corrected chi connectivity index (χ1v) is 10.8. The van der Waals surface area contributed by atoms with Crippen LogP contribution >= 0.6 is 46.6 Å². The lowest BCUT2D eigenvalue weighted by atomic mass is 10.2. The maximum absolute atomic E-state index is 12.9. The number of rotatable bonds is 7. The fourth-order valence-electron chi connectivity index (χ4n) is 2.77. The number of nitrogen functional groups attached to an aromatic ring is 1. The van der Waals surface area contributed by atoms with Crippen molar-refractivity contribution < 1.29 is 4.79 Å². The highest BCUT2D eigenvalue weighted by Crippen LogP contribution is 2.30. The van der Waals surface area contributed by atoms with E-state index < -0.39 is 6.04 Å². The largest absolute Gasteiger partial charge is 0.368 e. The number of anilines is 2. The number of thioether (sulfide) groups is 1. The second kappa shape index (κ2) is 9.71. The third kappa shape index (κ3) is 5.36. The van der Waals surface area contributed by atoms with Crippen LogP contribution in [0, 0.1) is 0 Å². The van der Waals surface area contributed by atoms with Gasteiger partial charge in [0.2, 0.25) is 11.9 Å². The minimum absolute atomic E-state index is 0.165. The molecule has 1 atom stereocenters. The predicted molar refractivity (Wildman–Crippen MR) is 120 cm³/mol. The topological polar surface area (TPSA) is 85.8 Å². The van der Waals surface area contributed by atoms with Crippen LogP contribution in [0.2, 0.25) is 15.1 Å². The molecule has 1 aromatic heterocycles. The summed E-state index contributed by atoms with van der Waals surface area (Å²) < 4.78 is 1.63. The van der Waals surface area contributed by atoms with Gasteiger partial charge >= 0.3 is 0 Å². The molecule has 1 unspecified atom stereocenters. The Morgan fingerprint density at radius 3 is 2.52 bits per heavy atom. The van der Waals surface area contributed by atoms with Crippen molar-refractivity contribution in [3.8, 4) is 0 Å². The van der Waals surface area contributed by atoms with Gasteiger partial charge in [0.15, 0.2) is 5.16 Å². The van der Waals surface area contributed by atoms with Crippen molar-refractivity contribution in [3.63, 3.8) is 0 Å². The molecule has 0 aliphatic rings. The molecule has 1 heterocycles. The lowest BCUT2D eigenvalue weighted by molar-refractivity contribution is -0.119. The number of benzene rings is 2. The van der Waals surface area contributed by atoms with Crippen LogP contribution in [0.3, 0.4) is 0 Å². The summed E-state index contributed by atoms with van der Waals surface area (Å²) in [5, 5.41) is 13.0. The first-order chi connectivity index (χ1) is 13.9. The van der Waals surface area contributed by atoms with Crippen molar-refractivity contribution in [2.75, 3.05) is 11.1 Å². The molecule has 152 valence electrons. The normalized spacial score (nSPS) is 12.0. The Labute approximate surface area is 187 Å². The summed E-state index contributed by atoms with van der Waals surface area (Å²) in [7, 11) is 0. The van der Waals surface area contributed by atoms with E-state index in [9.17, 15) is 4.79 Å². The molecule has 3 aromatic rings. The zero-order chi connectivity index (χ0) is 21.0. The lowest BCUT2D eigenvalue weighted by Crippen LogP contribution is -2.27. The van der Waals surface area contributed by atoms with E-state index in [1.165, 1.54) is 11.8 Å². The zero-order valence-electron chi connectivity index (χ0n) is 15.4. The van der Waals surface area contributed by atoms with E-state index in [1.54, 1.807) is 22.8 Å². The van der Waals surface area contributed by atoms with E-state index in [0.29, 0.717) is 38.1 Å². The number of carbonyl (C=O) groups is 1. The maximum atomic E-state index is 12.9. The first-order valence-electron chi connectivity index (χ1n) is 8.72. The van der Waals surface area contributed by atoms with E-state index >= 15 is 0 Å². The third-order valence-electron chi connectivity index (χ3n) is 4.14. The Balaban J connectivity index is 1.81. The quantitative estimate of drug-likeness (QED) is 0.432. The highest BCUT2D eigenvalue weighted by Gasteiger charge is 2.25. The number of hydrogen-bond acceptors (Lipinski definition) is 5. The average Bonchev–Trinajstić information content (AvgIpc) is 3.01. The van der Waals surface area contributed by atoms with E-state index in [2.05, 4.69) is 15.5 Å². The van der Waals surface area contributed by atoms with Crippen molar-refractivity contribution in [1.82, 2.24) is 14.8 Å². The summed E-state index contributed by atoms with van der Waals surface area (Å²) >= 11 is 19.7. The molecule has 0 aliphatic heterocycles.